The minimum atomic E-state index is -0.460. The number of fused-ring (bicyclic) bond motifs is 1. The Morgan fingerprint density at radius 3 is 2.59 bits per heavy atom. The van der Waals surface area contributed by atoms with E-state index in [1.807, 2.05) is 30.3 Å². The molecule has 0 spiro atoms. The van der Waals surface area contributed by atoms with Gasteiger partial charge in [0.05, 0.1) is 19.9 Å². The molecule has 0 saturated carbocycles. The number of aryl methyl sites for hydroxylation is 1. The predicted molar refractivity (Wildman–Crippen MR) is 122 cm³/mol. The fourth-order valence-electron chi connectivity index (χ4n) is 3.39. The van der Waals surface area contributed by atoms with Gasteiger partial charge in [-0.15, -0.1) is 0 Å². The van der Waals surface area contributed by atoms with Crippen LogP contribution in [0.2, 0.25) is 0 Å². The molecule has 2 aromatic carbocycles. The van der Waals surface area contributed by atoms with E-state index < -0.39 is 11.2 Å². The molecule has 0 unspecified atom stereocenters. The molecule has 0 atom stereocenters. The molecule has 0 radical (unpaired) electrons. The van der Waals surface area contributed by atoms with Crippen LogP contribution < -0.4 is 21.4 Å². The summed E-state index contributed by atoms with van der Waals surface area (Å²) in [7, 11) is 4.47. The summed E-state index contributed by atoms with van der Waals surface area (Å²) in [4.78, 5) is 29.7. The number of nitrogens with one attached hydrogen (secondary N) is 1. The SMILES string of the molecule is COc1cc(C=NNc2nc3c(c(=O)n(C)c(=O)n3C)n2Cc2ccccc2)ccc1O. The second kappa shape index (κ2) is 8.42. The van der Waals surface area contributed by atoms with Crippen LogP contribution in [0.15, 0.2) is 63.2 Å². The van der Waals surface area contributed by atoms with Gasteiger partial charge in [-0.1, -0.05) is 30.3 Å². The van der Waals surface area contributed by atoms with Crippen LogP contribution in [0.25, 0.3) is 11.2 Å². The van der Waals surface area contributed by atoms with Crippen molar-refractivity contribution in [2.24, 2.45) is 19.2 Å². The topological polar surface area (TPSA) is 116 Å². The summed E-state index contributed by atoms with van der Waals surface area (Å²) in [5.74, 6) is 0.659. The molecule has 2 N–H and O–H groups in total. The first-order chi connectivity index (χ1) is 15.4. The maximum Gasteiger partial charge on any atom is 0.332 e. The van der Waals surface area contributed by atoms with E-state index in [4.69, 9.17) is 4.74 Å². The predicted octanol–water partition coefficient (Wildman–Crippen LogP) is 1.64. The van der Waals surface area contributed by atoms with Gasteiger partial charge in [-0.05, 0) is 29.3 Å². The average molecular weight is 434 g/mol. The van der Waals surface area contributed by atoms with Crippen molar-refractivity contribution in [1.29, 1.82) is 0 Å². The Bertz CT molecular complexity index is 1430. The lowest BCUT2D eigenvalue weighted by Gasteiger charge is -2.09. The molecular formula is C22H22N6O4. The maximum absolute atomic E-state index is 12.9. The first-order valence-corrected chi connectivity index (χ1v) is 9.77. The van der Waals surface area contributed by atoms with Crippen molar-refractivity contribution in [2.75, 3.05) is 12.5 Å². The Hall–Kier alpha value is -4.34. The van der Waals surface area contributed by atoms with Gasteiger partial charge in [-0.25, -0.2) is 10.2 Å². The molecule has 0 amide bonds. The Labute approximate surface area is 182 Å². The standard InChI is InChI=1S/C22H22N6O4/c1-26-19-18(20(30)27(2)22(26)31)28(13-14-7-5-4-6-8-14)21(24-19)25-23-12-15-9-10-16(29)17(11-15)32-3/h4-12,29H,13H2,1-3H3,(H,24,25). The van der Waals surface area contributed by atoms with Gasteiger partial charge >= 0.3 is 5.69 Å². The summed E-state index contributed by atoms with van der Waals surface area (Å²) in [6.07, 6.45) is 1.53. The number of aromatic nitrogens is 4. The van der Waals surface area contributed by atoms with E-state index in [0.717, 1.165) is 10.1 Å². The molecule has 0 aliphatic rings. The van der Waals surface area contributed by atoms with Gasteiger partial charge in [0.15, 0.2) is 22.7 Å². The number of hydrogen-bond acceptors (Lipinski definition) is 7. The number of benzene rings is 2. The van der Waals surface area contributed by atoms with Gasteiger partial charge < -0.3 is 9.84 Å². The molecule has 32 heavy (non-hydrogen) atoms. The van der Waals surface area contributed by atoms with E-state index in [9.17, 15) is 14.7 Å². The first-order valence-electron chi connectivity index (χ1n) is 9.77. The van der Waals surface area contributed by atoms with Crippen LogP contribution in [-0.4, -0.2) is 37.1 Å². The number of hydrogen-bond donors (Lipinski definition) is 2. The molecule has 0 saturated heterocycles. The highest BCUT2D eigenvalue weighted by Crippen LogP contribution is 2.25. The summed E-state index contributed by atoms with van der Waals surface area (Å²) >= 11 is 0. The zero-order valence-electron chi connectivity index (χ0n) is 17.8. The first kappa shape index (κ1) is 20.9. The van der Waals surface area contributed by atoms with Crippen molar-refractivity contribution in [3.8, 4) is 11.5 Å². The summed E-state index contributed by atoms with van der Waals surface area (Å²) in [5.41, 5.74) is 4.17. The van der Waals surface area contributed by atoms with Crippen molar-refractivity contribution < 1.29 is 9.84 Å². The Morgan fingerprint density at radius 2 is 1.88 bits per heavy atom. The Kier molecular flexibility index (Phi) is 5.50. The molecule has 0 aliphatic heterocycles. The van der Waals surface area contributed by atoms with E-state index in [1.165, 1.54) is 31.0 Å². The molecule has 0 bridgehead atoms. The number of aromatic hydroxyl groups is 1. The van der Waals surface area contributed by atoms with Crippen molar-refractivity contribution in [1.82, 2.24) is 18.7 Å². The number of anilines is 1. The molecule has 164 valence electrons. The van der Waals surface area contributed by atoms with Crippen molar-refractivity contribution in [2.45, 2.75) is 6.54 Å². The summed E-state index contributed by atoms with van der Waals surface area (Å²) in [6, 6.07) is 14.4. The smallest absolute Gasteiger partial charge is 0.332 e. The van der Waals surface area contributed by atoms with Crippen molar-refractivity contribution in [3.63, 3.8) is 0 Å². The Morgan fingerprint density at radius 1 is 1.12 bits per heavy atom. The van der Waals surface area contributed by atoms with E-state index in [-0.39, 0.29) is 11.4 Å². The van der Waals surface area contributed by atoms with Crippen LogP contribution >= 0.6 is 0 Å². The monoisotopic (exact) mass is 434 g/mol. The number of hydrazone groups is 1. The quantitative estimate of drug-likeness (QED) is 0.352. The highest BCUT2D eigenvalue weighted by atomic mass is 16.5. The highest BCUT2D eigenvalue weighted by molar-refractivity contribution is 5.81. The van der Waals surface area contributed by atoms with Crippen LogP contribution in [0.1, 0.15) is 11.1 Å². The van der Waals surface area contributed by atoms with Crippen molar-refractivity contribution >= 4 is 23.3 Å². The number of phenols is 1. The van der Waals surface area contributed by atoms with E-state index >= 15 is 0 Å². The zero-order chi connectivity index (χ0) is 22.8. The average Bonchev–Trinajstić information content (AvgIpc) is 3.16. The fraction of sp³-hybridized carbons (Fsp3) is 0.182. The van der Waals surface area contributed by atoms with Crippen LogP contribution in [-0.2, 0) is 20.6 Å². The fourth-order valence-corrected chi connectivity index (χ4v) is 3.39. The molecule has 0 fully saturated rings. The maximum atomic E-state index is 12.9. The molecular weight excluding hydrogens is 412 g/mol. The third kappa shape index (κ3) is 3.73. The molecule has 2 aromatic heterocycles. The molecule has 4 aromatic rings. The van der Waals surface area contributed by atoms with Gasteiger partial charge in [0.1, 0.15) is 0 Å². The molecule has 0 aliphatic carbocycles. The van der Waals surface area contributed by atoms with Gasteiger partial charge in [0, 0.05) is 14.1 Å². The normalized spacial score (nSPS) is 11.3. The zero-order valence-corrected chi connectivity index (χ0v) is 17.8. The number of rotatable bonds is 6. The largest absolute Gasteiger partial charge is 0.504 e. The number of nitrogens with zero attached hydrogens (tertiary/aromatic N) is 5. The lowest BCUT2D eigenvalue weighted by molar-refractivity contribution is 0.373. The summed E-state index contributed by atoms with van der Waals surface area (Å²) in [6.45, 7) is 0.357. The third-order valence-corrected chi connectivity index (χ3v) is 5.11. The van der Waals surface area contributed by atoms with Gasteiger partial charge in [0.2, 0.25) is 5.95 Å². The van der Waals surface area contributed by atoms with Crippen LogP contribution in [0, 0.1) is 0 Å². The summed E-state index contributed by atoms with van der Waals surface area (Å²) < 4.78 is 9.19. The van der Waals surface area contributed by atoms with E-state index in [0.29, 0.717) is 29.3 Å². The third-order valence-electron chi connectivity index (χ3n) is 5.11. The second-order valence-corrected chi connectivity index (χ2v) is 7.19. The van der Waals surface area contributed by atoms with Gasteiger partial charge in [-0.3, -0.25) is 18.5 Å². The number of ether oxygens (including phenoxy) is 1. The molecule has 4 rings (SSSR count). The highest BCUT2D eigenvalue weighted by Gasteiger charge is 2.19. The number of imidazole rings is 1. The Balaban J connectivity index is 1.78. The molecule has 10 heteroatoms. The number of phenolic OH excluding ortho intramolecular Hbond substituents is 1. The van der Waals surface area contributed by atoms with Gasteiger partial charge in [0.25, 0.3) is 5.56 Å². The van der Waals surface area contributed by atoms with Crippen LogP contribution in [0.5, 0.6) is 11.5 Å². The lowest BCUT2D eigenvalue weighted by atomic mass is 10.2. The van der Waals surface area contributed by atoms with Crippen LogP contribution in [0.4, 0.5) is 5.95 Å². The molecule has 10 nitrogen and oxygen atoms in total. The second-order valence-electron chi connectivity index (χ2n) is 7.19. The minimum absolute atomic E-state index is 0.0269. The van der Waals surface area contributed by atoms with Gasteiger partial charge in [-0.2, -0.15) is 10.1 Å². The number of methoxy groups -OCH3 is 1. The van der Waals surface area contributed by atoms with Crippen LogP contribution in [0.3, 0.4) is 0 Å². The summed E-state index contributed by atoms with van der Waals surface area (Å²) in [5, 5.41) is 14.0. The lowest BCUT2D eigenvalue weighted by Crippen LogP contribution is -2.37. The van der Waals surface area contributed by atoms with E-state index in [1.54, 1.807) is 23.7 Å². The van der Waals surface area contributed by atoms with Crippen molar-refractivity contribution in [3.05, 3.63) is 80.5 Å². The molecule has 2 heterocycles. The minimum Gasteiger partial charge on any atom is -0.504 e. The van der Waals surface area contributed by atoms with E-state index in [2.05, 4.69) is 15.5 Å².